The van der Waals surface area contributed by atoms with Crippen LogP contribution in [0.1, 0.15) is 54.5 Å². The molecule has 0 heterocycles. The SMILES string of the molecule is CC[C@@H](NC(=O)COc1ccc2c(c1)CCCC2)c1ccc(C)cc1. The molecular formula is C22H27NO2. The maximum atomic E-state index is 12.3. The minimum Gasteiger partial charge on any atom is -0.484 e. The Morgan fingerprint density at radius 1 is 1.08 bits per heavy atom. The van der Waals surface area contributed by atoms with Crippen molar-refractivity contribution in [2.45, 2.75) is 52.0 Å². The Bertz CT molecular complexity index is 721. The van der Waals surface area contributed by atoms with Gasteiger partial charge in [-0.1, -0.05) is 42.8 Å². The van der Waals surface area contributed by atoms with E-state index in [0.717, 1.165) is 30.6 Å². The predicted molar refractivity (Wildman–Crippen MR) is 101 cm³/mol. The Balaban J connectivity index is 1.56. The molecule has 0 aromatic heterocycles. The summed E-state index contributed by atoms with van der Waals surface area (Å²) >= 11 is 0. The predicted octanol–water partition coefficient (Wildman–Crippen LogP) is 4.52. The molecule has 2 aromatic rings. The number of rotatable bonds is 6. The Hall–Kier alpha value is -2.29. The van der Waals surface area contributed by atoms with Gasteiger partial charge in [-0.3, -0.25) is 4.79 Å². The largest absolute Gasteiger partial charge is 0.484 e. The van der Waals surface area contributed by atoms with E-state index in [9.17, 15) is 4.79 Å². The van der Waals surface area contributed by atoms with Gasteiger partial charge in [-0.15, -0.1) is 0 Å². The molecule has 2 aromatic carbocycles. The Morgan fingerprint density at radius 3 is 2.52 bits per heavy atom. The monoisotopic (exact) mass is 337 g/mol. The van der Waals surface area contributed by atoms with Gasteiger partial charge in [0.25, 0.3) is 5.91 Å². The molecule has 1 atom stereocenters. The highest BCUT2D eigenvalue weighted by atomic mass is 16.5. The lowest BCUT2D eigenvalue weighted by atomic mass is 9.92. The maximum Gasteiger partial charge on any atom is 0.258 e. The van der Waals surface area contributed by atoms with E-state index < -0.39 is 0 Å². The first-order valence-electron chi connectivity index (χ1n) is 9.26. The fourth-order valence-corrected chi connectivity index (χ4v) is 3.40. The molecule has 1 N–H and O–H groups in total. The van der Waals surface area contributed by atoms with Crippen LogP contribution in [-0.2, 0) is 17.6 Å². The number of hydrogen-bond acceptors (Lipinski definition) is 2. The second kappa shape index (κ2) is 8.19. The number of carbonyl (C=O) groups excluding carboxylic acids is 1. The molecule has 132 valence electrons. The van der Waals surface area contributed by atoms with Crippen LogP contribution in [0.2, 0.25) is 0 Å². The van der Waals surface area contributed by atoms with Crippen LogP contribution in [0.5, 0.6) is 5.75 Å². The van der Waals surface area contributed by atoms with E-state index in [4.69, 9.17) is 4.74 Å². The minimum absolute atomic E-state index is 0.0280. The molecule has 1 aliphatic carbocycles. The Morgan fingerprint density at radius 2 is 1.80 bits per heavy atom. The minimum atomic E-state index is -0.0786. The number of ether oxygens (including phenoxy) is 1. The zero-order valence-electron chi connectivity index (χ0n) is 15.2. The first kappa shape index (κ1) is 17.5. The summed E-state index contributed by atoms with van der Waals surface area (Å²) in [7, 11) is 0. The van der Waals surface area contributed by atoms with Crippen molar-refractivity contribution in [3.05, 3.63) is 64.7 Å². The van der Waals surface area contributed by atoms with E-state index in [0.29, 0.717) is 0 Å². The summed E-state index contributed by atoms with van der Waals surface area (Å²) in [6, 6.07) is 14.6. The zero-order valence-corrected chi connectivity index (χ0v) is 15.2. The van der Waals surface area contributed by atoms with Gasteiger partial charge in [0.15, 0.2) is 6.61 Å². The number of amides is 1. The number of hydrogen-bond donors (Lipinski definition) is 1. The Kier molecular flexibility index (Phi) is 5.75. The molecule has 0 unspecified atom stereocenters. The number of aryl methyl sites for hydroxylation is 3. The molecule has 3 rings (SSSR count). The molecule has 1 amide bonds. The highest BCUT2D eigenvalue weighted by molar-refractivity contribution is 5.78. The van der Waals surface area contributed by atoms with Crippen molar-refractivity contribution in [3.63, 3.8) is 0 Å². The maximum absolute atomic E-state index is 12.3. The van der Waals surface area contributed by atoms with Crippen molar-refractivity contribution in [1.29, 1.82) is 0 Å². The van der Waals surface area contributed by atoms with Crippen molar-refractivity contribution >= 4 is 5.91 Å². The van der Waals surface area contributed by atoms with E-state index in [1.54, 1.807) is 0 Å². The molecule has 0 saturated heterocycles. The highest BCUT2D eigenvalue weighted by Gasteiger charge is 2.14. The second-order valence-electron chi connectivity index (χ2n) is 6.87. The standard InChI is InChI=1S/C22H27NO2/c1-3-21(18-10-8-16(2)9-11-18)23-22(24)15-25-20-13-12-17-6-4-5-7-19(17)14-20/h8-14,21H,3-7,15H2,1-2H3,(H,23,24)/t21-/m1/s1. The van der Waals surface area contributed by atoms with Crippen molar-refractivity contribution in [2.24, 2.45) is 0 Å². The molecule has 0 saturated carbocycles. The number of carbonyl (C=O) groups is 1. The smallest absolute Gasteiger partial charge is 0.258 e. The molecule has 0 bridgehead atoms. The topological polar surface area (TPSA) is 38.3 Å². The first-order chi connectivity index (χ1) is 12.2. The van der Waals surface area contributed by atoms with Gasteiger partial charge in [-0.2, -0.15) is 0 Å². The average Bonchev–Trinajstić information content (AvgIpc) is 2.65. The van der Waals surface area contributed by atoms with Crippen LogP contribution in [0.15, 0.2) is 42.5 Å². The number of fused-ring (bicyclic) bond motifs is 1. The quantitative estimate of drug-likeness (QED) is 0.841. The lowest BCUT2D eigenvalue weighted by Gasteiger charge is -2.19. The molecule has 0 fully saturated rings. The van der Waals surface area contributed by atoms with Gasteiger partial charge in [-0.05, 0) is 67.9 Å². The van der Waals surface area contributed by atoms with Crippen LogP contribution in [0, 0.1) is 6.92 Å². The average molecular weight is 337 g/mol. The zero-order chi connectivity index (χ0) is 17.6. The van der Waals surface area contributed by atoms with Crippen molar-refractivity contribution < 1.29 is 9.53 Å². The summed E-state index contributed by atoms with van der Waals surface area (Å²) < 4.78 is 5.72. The molecule has 0 spiro atoms. The Labute approximate surface area is 150 Å². The van der Waals surface area contributed by atoms with Gasteiger partial charge < -0.3 is 10.1 Å². The van der Waals surface area contributed by atoms with Gasteiger partial charge in [0.1, 0.15) is 5.75 Å². The van der Waals surface area contributed by atoms with Crippen LogP contribution >= 0.6 is 0 Å². The number of nitrogens with one attached hydrogen (secondary N) is 1. The van der Waals surface area contributed by atoms with E-state index >= 15 is 0 Å². The summed E-state index contributed by atoms with van der Waals surface area (Å²) in [5, 5.41) is 3.07. The third-order valence-electron chi connectivity index (χ3n) is 4.91. The van der Waals surface area contributed by atoms with E-state index in [2.05, 4.69) is 55.6 Å². The second-order valence-corrected chi connectivity index (χ2v) is 6.87. The van der Waals surface area contributed by atoms with Crippen molar-refractivity contribution in [3.8, 4) is 5.75 Å². The van der Waals surface area contributed by atoms with Crippen LogP contribution in [0.25, 0.3) is 0 Å². The van der Waals surface area contributed by atoms with Crippen LogP contribution in [-0.4, -0.2) is 12.5 Å². The van der Waals surface area contributed by atoms with Crippen LogP contribution in [0.3, 0.4) is 0 Å². The van der Waals surface area contributed by atoms with Gasteiger partial charge in [-0.25, -0.2) is 0 Å². The van der Waals surface area contributed by atoms with E-state index in [-0.39, 0.29) is 18.6 Å². The highest BCUT2D eigenvalue weighted by Crippen LogP contribution is 2.25. The van der Waals surface area contributed by atoms with E-state index in [1.165, 1.54) is 29.5 Å². The third-order valence-corrected chi connectivity index (χ3v) is 4.91. The van der Waals surface area contributed by atoms with Gasteiger partial charge in [0.2, 0.25) is 0 Å². The summed E-state index contributed by atoms with van der Waals surface area (Å²) in [6.07, 6.45) is 5.64. The molecule has 0 radical (unpaired) electrons. The van der Waals surface area contributed by atoms with Crippen LogP contribution < -0.4 is 10.1 Å². The fraction of sp³-hybridized carbons (Fsp3) is 0.409. The number of benzene rings is 2. The summed E-state index contributed by atoms with van der Waals surface area (Å²) in [6.45, 7) is 4.20. The van der Waals surface area contributed by atoms with Crippen LogP contribution in [0.4, 0.5) is 0 Å². The molecule has 3 nitrogen and oxygen atoms in total. The van der Waals surface area contributed by atoms with Gasteiger partial charge in [0, 0.05) is 0 Å². The molecule has 25 heavy (non-hydrogen) atoms. The van der Waals surface area contributed by atoms with Crippen molar-refractivity contribution in [2.75, 3.05) is 6.61 Å². The summed E-state index contributed by atoms with van der Waals surface area (Å²) in [4.78, 5) is 12.3. The summed E-state index contributed by atoms with van der Waals surface area (Å²) in [5.74, 6) is 0.712. The van der Waals surface area contributed by atoms with Crippen molar-refractivity contribution in [1.82, 2.24) is 5.32 Å². The van der Waals surface area contributed by atoms with Gasteiger partial charge >= 0.3 is 0 Å². The molecule has 0 aliphatic heterocycles. The normalized spacial score (nSPS) is 14.5. The first-order valence-corrected chi connectivity index (χ1v) is 9.26. The fourth-order valence-electron chi connectivity index (χ4n) is 3.40. The van der Waals surface area contributed by atoms with Gasteiger partial charge in [0.05, 0.1) is 6.04 Å². The lowest BCUT2D eigenvalue weighted by molar-refractivity contribution is -0.123. The molecule has 1 aliphatic rings. The summed E-state index contributed by atoms with van der Waals surface area (Å²) in [5.41, 5.74) is 5.15. The third kappa shape index (κ3) is 4.62. The van der Waals surface area contributed by atoms with E-state index in [1.807, 2.05) is 6.07 Å². The molecule has 3 heteroatoms. The molecular weight excluding hydrogens is 310 g/mol. The lowest BCUT2D eigenvalue weighted by Crippen LogP contribution is -2.32.